The van der Waals surface area contributed by atoms with E-state index >= 15 is 0 Å². The van der Waals surface area contributed by atoms with Crippen molar-refractivity contribution < 1.29 is 4.74 Å². The van der Waals surface area contributed by atoms with Crippen molar-refractivity contribution in [3.8, 4) is 5.75 Å². The number of ether oxygens (including phenoxy) is 1. The van der Waals surface area contributed by atoms with E-state index in [0.29, 0.717) is 5.11 Å². The lowest BCUT2D eigenvalue weighted by molar-refractivity contribution is 0.242. The van der Waals surface area contributed by atoms with Crippen molar-refractivity contribution in [1.82, 2.24) is 19.9 Å². The molecule has 184 valence electrons. The summed E-state index contributed by atoms with van der Waals surface area (Å²) in [5, 5.41) is 4.25. The van der Waals surface area contributed by atoms with Gasteiger partial charge in [-0.25, -0.2) is 0 Å². The van der Waals surface area contributed by atoms with E-state index in [4.69, 9.17) is 17.0 Å². The summed E-state index contributed by atoms with van der Waals surface area (Å²) in [7, 11) is 0. The molecule has 1 saturated heterocycles. The topological polar surface area (TPSA) is 55.2 Å². The second-order valence-corrected chi connectivity index (χ2v) is 9.82. The summed E-state index contributed by atoms with van der Waals surface area (Å²) in [6.45, 7) is 9.18. The quantitative estimate of drug-likeness (QED) is 0.321. The number of pyridine rings is 2. The number of aryl methyl sites for hydroxylation is 1. The number of rotatable bonds is 7. The van der Waals surface area contributed by atoms with Gasteiger partial charge in [0.15, 0.2) is 5.11 Å². The second kappa shape index (κ2) is 10.1. The predicted octanol–water partition coefficient (Wildman–Crippen LogP) is 5.91. The maximum atomic E-state index is 5.91. The Bertz CT molecular complexity index is 1340. The number of aromatic nitrogens is 3. The molecule has 1 N–H and O–H groups in total. The average Bonchev–Trinajstić information content (AvgIpc) is 3.36. The standard InChI is InChI=1S/C29H31N5OS/c1-19(2)35-24-12-10-23(11-13-24)34-28(27(32-29(34)36)26-9-5-6-15-31-26)25-16-20(3)33(21(25)4)18-22-8-7-14-30-17-22/h5-17,19,27-28H,18H2,1-4H3,(H,32,36)/t27-,28+/m0/s1. The summed E-state index contributed by atoms with van der Waals surface area (Å²) in [6, 6.07) is 20.4. The van der Waals surface area contributed by atoms with Crippen molar-refractivity contribution in [2.75, 3.05) is 4.90 Å². The average molecular weight is 498 g/mol. The van der Waals surface area contributed by atoms with Crippen molar-refractivity contribution in [2.45, 2.75) is 52.4 Å². The third kappa shape index (κ3) is 4.71. The fraction of sp³-hybridized carbons (Fsp3) is 0.276. The fourth-order valence-corrected chi connectivity index (χ4v) is 5.30. The normalized spacial score (nSPS) is 17.5. The first-order chi connectivity index (χ1) is 17.4. The molecule has 4 heterocycles. The molecule has 2 atom stereocenters. The van der Waals surface area contributed by atoms with Crippen molar-refractivity contribution in [3.63, 3.8) is 0 Å². The van der Waals surface area contributed by atoms with Crippen molar-refractivity contribution in [1.29, 1.82) is 0 Å². The molecule has 5 rings (SSSR count). The first-order valence-electron chi connectivity index (χ1n) is 12.3. The molecular formula is C29H31N5OS. The first kappa shape index (κ1) is 24.0. The van der Waals surface area contributed by atoms with Gasteiger partial charge in [-0.15, -0.1) is 0 Å². The highest BCUT2D eigenvalue weighted by molar-refractivity contribution is 7.80. The minimum absolute atomic E-state index is 0.0573. The third-order valence-electron chi connectivity index (χ3n) is 6.58. The van der Waals surface area contributed by atoms with Crippen LogP contribution in [0.1, 0.15) is 54.1 Å². The SMILES string of the molecule is Cc1cc([C@@H]2[C@H](c3ccccn3)NC(=S)N2c2ccc(OC(C)C)cc2)c(C)n1Cc1cccnc1. The first-order valence-corrected chi connectivity index (χ1v) is 12.7. The van der Waals surface area contributed by atoms with Gasteiger partial charge in [-0.3, -0.25) is 9.97 Å². The Kier molecular flexibility index (Phi) is 6.74. The zero-order chi connectivity index (χ0) is 25.2. The van der Waals surface area contributed by atoms with Crippen LogP contribution in [-0.2, 0) is 6.54 Å². The van der Waals surface area contributed by atoms with Gasteiger partial charge in [0.25, 0.3) is 0 Å². The number of thiocarbonyl (C=S) groups is 1. The van der Waals surface area contributed by atoms with E-state index in [1.807, 2.05) is 62.8 Å². The van der Waals surface area contributed by atoms with Gasteiger partial charge in [0.1, 0.15) is 5.75 Å². The van der Waals surface area contributed by atoms with E-state index in [2.05, 4.69) is 68.9 Å². The Balaban J connectivity index is 1.57. The lowest BCUT2D eigenvalue weighted by Gasteiger charge is -2.28. The summed E-state index contributed by atoms with van der Waals surface area (Å²) in [5.41, 5.74) is 6.78. The van der Waals surface area contributed by atoms with Crippen molar-refractivity contribution in [2.24, 2.45) is 0 Å². The highest BCUT2D eigenvalue weighted by Gasteiger charge is 2.42. The molecule has 1 aliphatic heterocycles. The van der Waals surface area contributed by atoms with E-state index in [0.717, 1.165) is 23.7 Å². The minimum atomic E-state index is -0.0855. The molecule has 4 aromatic rings. The van der Waals surface area contributed by atoms with E-state index in [9.17, 15) is 0 Å². The highest BCUT2D eigenvalue weighted by atomic mass is 32.1. The van der Waals surface area contributed by atoms with Crippen LogP contribution in [-0.4, -0.2) is 25.8 Å². The van der Waals surface area contributed by atoms with Crippen LogP contribution in [0.2, 0.25) is 0 Å². The number of nitrogens with one attached hydrogen (secondary N) is 1. The zero-order valence-electron chi connectivity index (χ0n) is 21.1. The third-order valence-corrected chi connectivity index (χ3v) is 6.89. The predicted molar refractivity (Wildman–Crippen MR) is 147 cm³/mol. The molecule has 0 unspecified atom stereocenters. The van der Waals surface area contributed by atoms with Crippen LogP contribution in [0.3, 0.4) is 0 Å². The van der Waals surface area contributed by atoms with Gasteiger partial charge in [0, 0.05) is 42.2 Å². The Morgan fingerprint density at radius 1 is 1.03 bits per heavy atom. The Morgan fingerprint density at radius 3 is 2.50 bits per heavy atom. The van der Waals surface area contributed by atoms with Crippen LogP contribution in [0.15, 0.2) is 79.3 Å². The number of hydrogen-bond donors (Lipinski definition) is 1. The summed E-state index contributed by atoms with van der Waals surface area (Å²) in [4.78, 5) is 11.2. The van der Waals surface area contributed by atoms with E-state index in [-0.39, 0.29) is 18.2 Å². The molecule has 0 amide bonds. The Hall–Kier alpha value is -3.71. The largest absolute Gasteiger partial charge is 0.491 e. The Morgan fingerprint density at radius 2 is 1.83 bits per heavy atom. The summed E-state index contributed by atoms with van der Waals surface area (Å²) >= 11 is 5.91. The molecule has 0 spiro atoms. The molecule has 0 aliphatic carbocycles. The zero-order valence-corrected chi connectivity index (χ0v) is 21.9. The van der Waals surface area contributed by atoms with E-state index in [1.165, 1.54) is 22.5 Å². The molecule has 6 nitrogen and oxygen atoms in total. The van der Waals surface area contributed by atoms with Crippen LogP contribution in [0.25, 0.3) is 0 Å². The van der Waals surface area contributed by atoms with Gasteiger partial charge < -0.3 is 19.5 Å². The van der Waals surface area contributed by atoms with Crippen LogP contribution in [0.4, 0.5) is 5.69 Å². The number of nitrogens with zero attached hydrogens (tertiary/aromatic N) is 4. The van der Waals surface area contributed by atoms with Crippen LogP contribution >= 0.6 is 12.2 Å². The number of hydrogen-bond acceptors (Lipinski definition) is 4. The van der Waals surface area contributed by atoms with Gasteiger partial charge in [-0.1, -0.05) is 12.1 Å². The molecule has 1 fully saturated rings. The van der Waals surface area contributed by atoms with E-state index in [1.54, 1.807) is 0 Å². The van der Waals surface area contributed by atoms with Crippen LogP contribution in [0.5, 0.6) is 5.75 Å². The van der Waals surface area contributed by atoms with Gasteiger partial charge in [0.05, 0.1) is 23.9 Å². The maximum absolute atomic E-state index is 5.91. The number of benzene rings is 1. The summed E-state index contributed by atoms with van der Waals surface area (Å²) < 4.78 is 8.22. The monoisotopic (exact) mass is 497 g/mol. The van der Waals surface area contributed by atoms with Gasteiger partial charge >= 0.3 is 0 Å². The smallest absolute Gasteiger partial charge is 0.174 e. The molecule has 36 heavy (non-hydrogen) atoms. The lowest BCUT2D eigenvalue weighted by Crippen LogP contribution is -2.29. The molecular weight excluding hydrogens is 466 g/mol. The maximum Gasteiger partial charge on any atom is 0.174 e. The van der Waals surface area contributed by atoms with Crippen LogP contribution < -0.4 is 15.0 Å². The molecule has 0 radical (unpaired) electrons. The van der Waals surface area contributed by atoms with Gasteiger partial charge in [-0.05, 0) is 99.6 Å². The van der Waals surface area contributed by atoms with Crippen molar-refractivity contribution >= 4 is 23.0 Å². The molecule has 0 saturated carbocycles. The molecule has 1 aromatic carbocycles. The van der Waals surface area contributed by atoms with Crippen LogP contribution in [0, 0.1) is 13.8 Å². The summed E-state index contributed by atoms with van der Waals surface area (Å²) in [5.74, 6) is 0.847. The molecule has 0 bridgehead atoms. The molecule has 3 aromatic heterocycles. The fourth-order valence-electron chi connectivity index (χ4n) is 4.95. The van der Waals surface area contributed by atoms with Gasteiger partial charge in [0.2, 0.25) is 0 Å². The number of anilines is 1. The molecule has 1 aliphatic rings. The summed E-state index contributed by atoms with van der Waals surface area (Å²) in [6.07, 6.45) is 5.69. The molecule has 7 heteroatoms. The minimum Gasteiger partial charge on any atom is -0.491 e. The lowest BCUT2D eigenvalue weighted by atomic mass is 9.96. The Labute approximate surface area is 218 Å². The second-order valence-electron chi connectivity index (χ2n) is 9.43. The van der Waals surface area contributed by atoms with Gasteiger partial charge in [-0.2, -0.15) is 0 Å². The van der Waals surface area contributed by atoms with E-state index < -0.39 is 0 Å². The van der Waals surface area contributed by atoms with Crippen molar-refractivity contribution in [3.05, 3.63) is 107 Å². The highest BCUT2D eigenvalue weighted by Crippen LogP contribution is 2.43.